The van der Waals surface area contributed by atoms with E-state index in [0.717, 1.165) is 22.3 Å². The second kappa shape index (κ2) is 5.40. The number of ketones is 1. The molecule has 0 atom stereocenters. The van der Waals surface area contributed by atoms with Crippen LogP contribution in [0, 0.1) is 13.8 Å². The van der Waals surface area contributed by atoms with Crippen molar-refractivity contribution in [1.82, 2.24) is 15.2 Å². The zero-order chi connectivity index (χ0) is 14.8. The Morgan fingerprint density at radius 2 is 1.86 bits per heavy atom. The summed E-state index contributed by atoms with van der Waals surface area (Å²) in [4.78, 5) is 17.0. The van der Waals surface area contributed by atoms with E-state index >= 15 is 0 Å². The summed E-state index contributed by atoms with van der Waals surface area (Å²) in [7, 11) is 0. The Kier molecular flexibility index (Phi) is 3.44. The van der Waals surface area contributed by atoms with E-state index in [-0.39, 0.29) is 12.2 Å². The first-order valence-electron chi connectivity index (χ1n) is 6.82. The topological polar surface area (TPSA) is 55.7 Å². The molecule has 2 heterocycles. The second-order valence-corrected chi connectivity index (χ2v) is 5.08. The molecule has 104 valence electrons. The average Bonchev–Trinajstić information content (AvgIpc) is 2.49. The largest absolute Gasteiger partial charge is 0.294 e. The van der Waals surface area contributed by atoms with Crippen LogP contribution in [-0.4, -0.2) is 21.0 Å². The third-order valence-corrected chi connectivity index (χ3v) is 3.40. The lowest BCUT2D eigenvalue weighted by Crippen LogP contribution is -2.09. The van der Waals surface area contributed by atoms with Crippen molar-refractivity contribution in [3.63, 3.8) is 0 Å². The molecule has 4 nitrogen and oxygen atoms in total. The van der Waals surface area contributed by atoms with Gasteiger partial charge in [0.25, 0.3) is 0 Å². The molecule has 0 N–H and O–H groups in total. The number of para-hydroxylation sites is 1. The van der Waals surface area contributed by atoms with Crippen molar-refractivity contribution in [2.75, 3.05) is 0 Å². The predicted molar refractivity (Wildman–Crippen MR) is 81.3 cm³/mol. The maximum Gasteiger partial charge on any atom is 0.170 e. The van der Waals surface area contributed by atoms with Crippen molar-refractivity contribution >= 4 is 16.7 Å². The summed E-state index contributed by atoms with van der Waals surface area (Å²) in [6.07, 6.45) is 0.275. The third kappa shape index (κ3) is 2.79. The maximum atomic E-state index is 12.4. The van der Waals surface area contributed by atoms with Crippen LogP contribution in [0.1, 0.15) is 27.4 Å². The van der Waals surface area contributed by atoms with Gasteiger partial charge in [-0.05, 0) is 32.0 Å². The van der Waals surface area contributed by atoms with E-state index in [9.17, 15) is 4.79 Å². The van der Waals surface area contributed by atoms with Crippen LogP contribution in [0.4, 0.5) is 0 Å². The smallest absolute Gasteiger partial charge is 0.170 e. The minimum atomic E-state index is 0.0216. The molecule has 0 radical (unpaired) electrons. The molecule has 0 bridgehead atoms. The highest BCUT2D eigenvalue weighted by atomic mass is 16.1. The monoisotopic (exact) mass is 277 g/mol. The predicted octanol–water partition coefficient (Wildman–Crippen LogP) is 3.07. The van der Waals surface area contributed by atoms with Gasteiger partial charge in [0.2, 0.25) is 0 Å². The van der Waals surface area contributed by atoms with Gasteiger partial charge >= 0.3 is 0 Å². The molecule has 0 saturated heterocycles. The molecule has 0 saturated carbocycles. The highest BCUT2D eigenvalue weighted by Crippen LogP contribution is 2.14. The number of benzene rings is 1. The standard InChI is InChI=1S/C17H15N3O/c1-11-9-15(12(2)20-19-11)17(21)10-14-8-7-13-5-3-4-6-16(13)18-14/h3-9H,10H2,1-2H3. The summed E-state index contributed by atoms with van der Waals surface area (Å²) in [6, 6.07) is 13.6. The van der Waals surface area contributed by atoms with Crippen molar-refractivity contribution in [2.24, 2.45) is 0 Å². The number of nitrogens with zero attached hydrogens (tertiary/aromatic N) is 3. The van der Waals surface area contributed by atoms with E-state index in [0.29, 0.717) is 11.3 Å². The molecule has 3 aromatic rings. The zero-order valence-corrected chi connectivity index (χ0v) is 12.0. The van der Waals surface area contributed by atoms with Crippen molar-refractivity contribution in [1.29, 1.82) is 0 Å². The van der Waals surface area contributed by atoms with Crippen LogP contribution in [0.2, 0.25) is 0 Å². The van der Waals surface area contributed by atoms with Crippen molar-refractivity contribution in [3.05, 3.63) is 65.1 Å². The van der Waals surface area contributed by atoms with Crippen molar-refractivity contribution < 1.29 is 4.79 Å². The third-order valence-electron chi connectivity index (χ3n) is 3.40. The van der Waals surface area contributed by atoms with E-state index in [1.165, 1.54) is 0 Å². The Labute approximate surface area is 122 Å². The maximum absolute atomic E-state index is 12.4. The molecule has 21 heavy (non-hydrogen) atoms. The molecule has 2 aromatic heterocycles. The van der Waals surface area contributed by atoms with Gasteiger partial charge in [0.1, 0.15) is 0 Å². The van der Waals surface area contributed by atoms with E-state index in [1.54, 1.807) is 13.0 Å². The van der Waals surface area contributed by atoms with Crippen LogP contribution < -0.4 is 0 Å². The summed E-state index contributed by atoms with van der Waals surface area (Å²) in [5.41, 5.74) is 3.70. The highest BCUT2D eigenvalue weighted by Gasteiger charge is 2.13. The second-order valence-electron chi connectivity index (χ2n) is 5.08. The Balaban J connectivity index is 1.90. The van der Waals surface area contributed by atoms with Gasteiger partial charge in [-0.25, -0.2) is 0 Å². The van der Waals surface area contributed by atoms with Crippen molar-refractivity contribution in [3.8, 4) is 0 Å². The summed E-state index contributed by atoms with van der Waals surface area (Å²) >= 11 is 0. The molecule has 0 aliphatic carbocycles. The minimum Gasteiger partial charge on any atom is -0.294 e. The van der Waals surface area contributed by atoms with Crippen LogP contribution in [0.3, 0.4) is 0 Å². The van der Waals surface area contributed by atoms with Gasteiger partial charge in [0, 0.05) is 16.6 Å². The zero-order valence-electron chi connectivity index (χ0n) is 12.0. The Morgan fingerprint density at radius 1 is 1.05 bits per heavy atom. The first kappa shape index (κ1) is 13.4. The summed E-state index contributed by atoms with van der Waals surface area (Å²) in [6.45, 7) is 3.63. The number of carbonyl (C=O) groups excluding carboxylic acids is 1. The molecule has 0 unspecified atom stereocenters. The lowest BCUT2D eigenvalue weighted by Gasteiger charge is -2.05. The number of aryl methyl sites for hydroxylation is 2. The minimum absolute atomic E-state index is 0.0216. The fourth-order valence-electron chi connectivity index (χ4n) is 2.30. The quantitative estimate of drug-likeness (QED) is 0.690. The van der Waals surface area contributed by atoms with Crippen LogP contribution in [0.5, 0.6) is 0 Å². The SMILES string of the molecule is Cc1cc(C(=O)Cc2ccc3ccccc3n2)c(C)nn1. The lowest BCUT2D eigenvalue weighted by atomic mass is 10.0. The van der Waals surface area contributed by atoms with Crippen LogP contribution >= 0.6 is 0 Å². The molecular formula is C17H15N3O. The number of pyridine rings is 1. The summed E-state index contributed by atoms with van der Waals surface area (Å²) in [5.74, 6) is 0.0216. The van der Waals surface area contributed by atoms with E-state index in [4.69, 9.17) is 0 Å². The molecule has 0 aliphatic rings. The van der Waals surface area contributed by atoms with E-state index < -0.39 is 0 Å². The number of fused-ring (bicyclic) bond motifs is 1. The lowest BCUT2D eigenvalue weighted by molar-refractivity contribution is 0.0990. The highest BCUT2D eigenvalue weighted by molar-refractivity contribution is 5.98. The Hall–Kier alpha value is -2.62. The Morgan fingerprint density at radius 3 is 2.71 bits per heavy atom. The summed E-state index contributed by atoms with van der Waals surface area (Å²) < 4.78 is 0. The Bertz CT molecular complexity index is 827. The first-order valence-corrected chi connectivity index (χ1v) is 6.82. The molecule has 0 aliphatic heterocycles. The van der Waals surface area contributed by atoms with E-state index in [1.807, 2.05) is 43.3 Å². The molecule has 0 spiro atoms. The average molecular weight is 277 g/mol. The number of rotatable bonds is 3. The molecule has 3 rings (SSSR count). The molecule has 0 fully saturated rings. The van der Waals surface area contributed by atoms with Crippen LogP contribution in [0.15, 0.2) is 42.5 Å². The number of aromatic nitrogens is 3. The van der Waals surface area contributed by atoms with Crippen LogP contribution in [-0.2, 0) is 6.42 Å². The van der Waals surface area contributed by atoms with Gasteiger partial charge in [-0.3, -0.25) is 9.78 Å². The van der Waals surface area contributed by atoms with Gasteiger partial charge in [-0.2, -0.15) is 10.2 Å². The van der Waals surface area contributed by atoms with Gasteiger partial charge in [-0.15, -0.1) is 0 Å². The molecule has 1 aromatic carbocycles. The number of Topliss-reactive ketones (excluding diaryl/α,β-unsaturated/α-hetero) is 1. The van der Waals surface area contributed by atoms with E-state index in [2.05, 4.69) is 15.2 Å². The molecular weight excluding hydrogens is 262 g/mol. The van der Waals surface area contributed by atoms with Gasteiger partial charge < -0.3 is 0 Å². The first-order chi connectivity index (χ1) is 10.1. The van der Waals surface area contributed by atoms with Gasteiger partial charge in [-0.1, -0.05) is 24.3 Å². The molecule has 0 amide bonds. The van der Waals surface area contributed by atoms with Gasteiger partial charge in [0.15, 0.2) is 5.78 Å². The van der Waals surface area contributed by atoms with Crippen molar-refractivity contribution in [2.45, 2.75) is 20.3 Å². The number of carbonyl (C=O) groups is 1. The fourth-order valence-corrected chi connectivity index (χ4v) is 2.30. The molecule has 4 heteroatoms. The fraction of sp³-hybridized carbons (Fsp3) is 0.176. The van der Waals surface area contributed by atoms with Gasteiger partial charge in [0.05, 0.1) is 23.3 Å². The number of hydrogen-bond acceptors (Lipinski definition) is 4. The summed E-state index contributed by atoms with van der Waals surface area (Å²) in [5, 5.41) is 9.03. The van der Waals surface area contributed by atoms with Crippen LogP contribution in [0.25, 0.3) is 10.9 Å². The number of hydrogen-bond donors (Lipinski definition) is 0. The normalized spacial score (nSPS) is 10.8.